The van der Waals surface area contributed by atoms with Gasteiger partial charge in [0.25, 0.3) is 0 Å². The maximum absolute atomic E-state index is 11.6. The number of hydrogen-bond acceptors (Lipinski definition) is 4. The van der Waals surface area contributed by atoms with Crippen LogP contribution in [0.5, 0.6) is 0 Å². The van der Waals surface area contributed by atoms with Crippen molar-refractivity contribution in [3.05, 3.63) is 0 Å². The maximum Gasteiger partial charge on any atom is 0.328 e. The van der Waals surface area contributed by atoms with E-state index in [4.69, 9.17) is 5.26 Å². The summed E-state index contributed by atoms with van der Waals surface area (Å²) in [6, 6.07) is 1.47. The van der Waals surface area contributed by atoms with Crippen LogP contribution in [0.4, 0.5) is 0 Å². The van der Waals surface area contributed by atoms with E-state index in [1.165, 1.54) is 12.0 Å². The Morgan fingerprint density at radius 3 is 2.93 bits per heavy atom. The van der Waals surface area contributed by atoms with Crippen LogP contribution in [-0.4, -0.2) is 36.5 Å². The zero-order chi connectivity index (χ0) is 11.3. The average Bonchev–Trinajstić information content (AvgIpc) is 2.73. The van der Waals surface area contributed by atoms with Gasteiger partial charge in [-0.15, -0.1) is 0 Å². The van der Waals surface area contributed by atoms with E-state index in [2.05, 4.69) is 4.74 Å². The van der Waals surface area contributed by atoms with Gasteiger partial charge in [-0.2, -0.15) is 5.26 Å². The summed E-state index contributed by atoms with van der Waals surface area (Å²) in [5.74, 6) is -0.498. The highest BCUT2D eigenvalue weighted by Gasteiger charge is 2.34. The van der Waals surface area contributed by atoms with Crippen molar-refractivity contribution in [3.63, 3.8) is 0 Å². The van der Waals surface area contributed by atoms with Crippen molar-refractivity contribution in [2.75, 3.05) is 13.7 Å². The van der Waals surface area contributed by atoms with Crippen LogP contribution in [0.1, 0.15) is 25.7 Å². The first kappa shape index (κ1) is 11.5. The molecule has 1 fully saturated rings. The molecular weight excluding hydrogens is 196 g/mol. The van der Waals surface area contributed by atoms with Crippen LogP contribution >= 0.6 is 0 Å². The molecule has 0 bridgehead atoms. The summed E-state index contributed by atoms with van der Waals surface area (Å²) in [4.78, 5) is 24.4. The van der Waals surface area contributed by atoms with E-state index in [0.29, 0.717) is 13.0 Å². The summed E-state index contributed by atoms with van der Waals surface area (Å²) in [6.45, 7) is 0.587. The molecule has 1 saturated heterocycles. The van der Waals surface area contributed by atoms with Crippen LogP contribution in [0.25, 0.3) is 0 Å². The maximum atomic E-state index is 11.6. The standard InChI is InChI=1S/C10H14N2O3/c1-15-10(14)8-4-3-7-12(8)9(13)5-2-6-11/h8H,2-5,7H2,1H3/t8-/m1/s1. The molecule has 82 valence electrons. The molecule has 1 aliphatic heterocycles. The van der Waals surface area contributed by atoms with Crippen molar-refractivity contribution in [2.24, 2.45) is 0 Å². The second kappa shape index (κ2) is 5.35. The lowest BCUT2D eigenvalue weighted by Crippen LogP contribution is -2.40. The average molecular weight is 210 g/mol. The first-order valence-corrected chi connectivity index (χ1v) is 4.95. The SMILES string of the molecule is COC(=O)[C@H]1CCCN1C(=O)CCC#N. The van der Waals surface area contributed by atoms with Gasteiger partial charge in [0, 0.05) is 19.4 Å². The Labute approximate surface area is 88.6 Å². The second-order valence-corrected chi connectivity index (χ2v) is 3.43. The molecule has 1 aliphatic rings. The molecule has 0 aromatic carbocycles. The van der Waals surface area contributed by atoms with E-state index < -0.39 is 6.04 Å². The fourth-order valence-corrected chi connectivity index (χ4v) is 1.75. The molecule has 5 nitrogen and oxygen atoms in total. The summed E-state index contributed by atoms with van der Waals surface area (Å²) in [6.07, 6.45) is 1.86. The van der Waals surface area contributed by atoms with Crippen LogP contribution in [0, 0.1) is 11.3 Å². The van der Waals surface area contributed by atoms with Gasteiger partial charge in [0.1, 0.15) is 6.04 Å². The molecule has 1 heterocycles. The van der Waals surface area contributed by atoms with Crippen LogP contribution < -0.4 is 0 Å². The first-order chi connectivity index (χ1) is 7.20. The number of carbonyl (C=O) groups excluding carboxylic acids is 2. The molecule has 1 rings (SSSR count). The molecule has 0 aromatic heterocycles. The Morgan fingerprint density at radius 1 is 1.60 bits per heavy atom. The molecule has 0 radical (unpaired) electrons. The van der Waals surface area contributed by atoms with Crippen molar-refractivity contribution < 1.29 is 14.3 Å². The molecule has 0 saturated carbocycles. The number of nitriles is 1. The summed E-state index contributed by atoms with van der Waals surface area (Å²) >= 11 is 0. The highest BCUT2D eigenvalue weighted by molar-refractivity contribution is 5.85. The number of methoxy groups -OCH3 is 1. The third kappa shape index (κ3) is 2.69. The molecule has 1 atom stereocenters. The quantitative estimate of drug-likeness (QED) is 0.634. The summed E-state index contributed by atoms with van der Waals surface area (Å²) in [5, 5.41) is 8.37. The Balaban J connectivity index is 2.56. The van der Waals surface area contributed by atoms with Gasteiger partial charge in [-0.05, 0) is 12.8 Å². The predicted octanol–water partition coefficient (Wildman–Crippen LogP) is 0.454. The fraction of sp³-hybridized carbons (Fsp3) is 0.700. The number of hydrogen-bond donors (Lipinski definition) is 0. The molecule has 0 spiro atoms. The van der Waals surface area contributed by atoms with Crippen molar-refractivity contribution in [1.82, 2.24) is 4.90 Å². The topological polar surface area (TPSA) is 70.4 Å². The van der Waals surface area contributed by atoms with Crippen LogP contribution in [0.15, 0.2) is 0 Å². The number of rotatable bonds is 3. The van der Waals surface area contributed by atoms with E-state index in [1.54, 1.807) is 0 Å². The molecule has 0 aliphatic carbocycles. The van der Waals surface area contributed by atoms with E-state index >= 15 is 0 Å². The third-order valence-corrected chi connectivity index (χ3v) is 2.50. The van der Waals surface area contributed by atoms with E-state index in [0.717, 1.165) is 6.42 Å². The van der Waals surface area contributed by atoms with E-state index in [-0.39, 0.29) is 24.7 Å². The molecule has 0 aromatic rings. The van der Waals surface area contributed by atoms with Gasteiger partial charge in [0.15, 0.2) is 0 Å². The molecule has 0 unspecified atom stereocenters. The predicted molar refractivity (Wildman–Crippen MR) is 51.6 cm³/mol. The van der Waals surface area contributed by atoms with Crippen molar-refractivity contribution in [1.29, 1.82) is 5.26 Å². The van der Waals surface area contributed by atoms with Crippen LogP contribution in [0.2, 0.25) is 0 Å². The number of esters is 1. The lowest BCUT2D eigenvalue weighted by atomic mass is 10.2. The third-order valence-electron chi connectivity index (χ3n) is 2.50. The van der Waals surface area contributed by atoms with Crippen LogP contribution in [0.3, 0.4) is 0 Å². The minimum absolute atomic E-state index is 0.135. The van der Waals surface area contributed by atoms with Gasteiger partial charge < -0.3 is 9.64 Å². The zero-order valence-corrected chi connectivity index (χ0v) is 8.73. The van der Waals surface area contributed by atoms with Gasteiger partial charge in [-0.3, -0.25) is 4.79 Å². The van der Waals surface area contributed by atoms with Gasteiger partial charge in [0.2, 0.25) is 5.91 Å². The van der Waals surface area contributed by atoms with Crippen LogP contribution in [-0.2, 0) is 14.3 Å². The van der Waals surface area contributed by atoms with E-state index in [1.807, 2.05) is 6.07 Å². The molecule has 0 N–H and O–H groups in total. The molecule has 15 heavy (non-hydrogen) atoms. The second-order valence-electron chi connectivity index (χ2n) is 3.43. The first-order valence-electron chi connectivity index (χ1n) is 4.95. The highest BCUT2D eigenvalue weighted by atomic mass is 16.5. The summed E-state index contributed by atoms with van der Waals surface area (Å²) in [5.41, 5.74) is 0. The highest BCUT2D eigenvalue weighted by Crippen LogP contribution is 2.19. The summed E-state index contributed by atoms with van der Waals surface area (Å²) in [7, 11) is 1.32. The number of ether oxygens (including phenoxy) is 1. The monoisotopic (exact) mass is 210 g/mol. The van der Waals surface area contributed by atoms with Gasteiger partial charge in [-0.25, -0.2) is 4.79 Å². The smallest absolute Gasteiger partial charge is 0.328 e. The largest absolute Gasteiger partial charge is 0.467 e. The van der Waals surface area contributed by atoms with Gasteiger partial charge >= 0.3 is 5.97 Å². The molecular formula is C10H14N2O3. The van der Waals surface area contributed by atoms with Crippen molar-refractivity contribution in [2.45, 2.75) is 31.7 Å². The Kier molecular flexibility index (Phi) is 4.10. The molecule has 1 amide bonds. The van der Waals surface area contributed by atoms with Crippen molar-refractivity contribution >= 4 is 11.9 Å². The Bertz CT molecular complexity index is 296. The van der Waals surface area contributed by atoms with Gasteiger partial charge in [-0.1, -0.05) is 0 Å². The minimum Gasteiger partial charge on any atom is -0.467 e. The van der Waals surface area contributed by atoms with E-state index in [9.17, 15) is 9.59 Å². The summed E-state index contributed by atoms with van der Waals surface area (Å²) < 4.78 is 4.62. The van der Waals surface area contributed by atoms with Gasteiger partial charge in [0.05, 0.1) is 13.2 Å². The number of amides is 1. The number of carbonyl (C=O) groups is 2. The lowest BCUT2D eigenvalue weighted by molar-refractivity contribution is -0.150. The Morgan fingerprint density at radius 2 is 2.33 bits per heavy atom. The minimum atomic E-state index is -0.443. The lowest BCUT2D eigenvalue weighted by Gasteiger charge is -2.22. The van der Waals surface area contributed by atoms with Crippen molar-refractivity contribution in [3.8, 4) is 6.07 Å². The normalized spacial score (nSPS) is 19.7. The number of nitrogens with zero attached hydrogens (tertiary/aromatic N) is 2. The number of likely N-dealkylation sites (tertiary alicyclic amines) is 1. The fourth-order valence-electron chi connectivity index (χ4n) is 1.75. The zero-order valence-electron chi connectivity index (χ0n) is 8.73. The molecule has 5 heteroatoms. The Hall–Kier alpha value is -1.57.